The van der Waals surface area contributed by atoms with Crippen molar-refractivity contribution in [2.75, 3.05) is 11.1 Å². The Labute approximate surface area is 108 Å². The van der Waals surface area contributed by atoms with Crippen LogP contribution in [0.2, 0.25) is 0 Å². The van der Waals surface area contributed by atoms with E-state index in [1.165, 1.54) is 32.1 Å². The molecular weight excluding hydrogens is 224 g/mol. The quantitative estimate of drug-likeness (QED) is 0.857. The van der Waals surface area contributed by atoms with E-state index in [-0.39, 0.29) is 0 Å². The number of nitrogens with zero attached hydrogens (tertiary/aromatic N) is 2. The van der Waals surface area contributed by atoms with E-state index in [1.807, 2.05) is 12.1 Å². The van der Waals surface area contributed by atoms with Gasteiger partial charge in [0.1, 0.15) is 11.9 Å². The van der Waals surface area contributed by atoms with E-state index in [1.54, 1.807) is 6.07 Å². The number of anilines is 2. The van der Waals surface area contributed by atoms with Crippen LogP contribution in [0.4, 0.5) is 11.5 Å². The smallest absolute Gasteiger partial charge is 0.165 e. The van der Waals surface area contributed by atoms with Crippen LogP contribution in [0.15, 0.2) is 12.1 Å². The first-order chi connectivity index (χ1) is 8.72. The van der Waals surface area contributed by atoms with Gasteiger partial charge in [-0.1, -0.05) is 13.3 Å². The van der Waals surface area contributed by atoms with Gasteiger partial charge in [-0.3, -0.25) is 0 Å². The zero-order chi connectivity index (χ0) is 13.0. The Kier molecular flexibility index (Phi) is 4.03. The van der Waals surface area contributed by atoms with Gasteiger partial charge in [-0.25, -0.2) is 4.98 Å². The second kappa shape index (κ2) is 5.72. The molecule has 0 saturated heterocycles. The highest BCUT2D eigenvalue weighted by atomic mass is 15.0. The minimum absolute atomic E-state index is 0.308. The van der Waals surface area contributed by atoms with Gasteiger partial charge in [0.2, 0.25) is 0 Å². The van der Waals surface area contributed by atoms with Gasteiger partial charge in [-0.05, 0) is 43.7 Å². The monoisotopic (exact) mass is 244 g/mol. The van der Waals surface area contributed by atoms with Crippen LogP contribution in [0.3, 0.4) is 0 Å². The summed E-state index contributed by atoms with van der Waals surface area (Å²) in [5, 5.41) is 12.3. The molecule has 1 aromatic rings. The highest BCUT2D eigenvalue weighted by Gasteiger charge is 2.20. The van der Waals surface area contributed by atoms with Gasteiger partial charge in [-0.15, -0.1) is 0 Å². The standard InChI is InChI=1S/C14H20N4/c1-2-10-3-5-11(6-4-10)17-14-8-7-12(16)13(9-15)18-14/h7-8,10-11H,2-6,16H2,1H3,(H,17,18). The lowest BCUT2D eigenvalue weighted by molar-refractivity contribution is 0.330. The summed E-state index contributed by atoms with van der Waals surface area (Å²) in [5.41, 5.74) is 6.41. The summed E-state index contributed by atoms with van der Waals surface area (Å²) in [4.78, 5) is 4.23. The van der Waals surface area contributed by atoms with Crippen molar-refractivity contribution in [3.63, 3.8) is 0 Å². The molecule has 18 heavy (non-hydrogen) atoms. The van der Waals surface area contributed by atoms with Gasteiger partial charge in [0.25, 0.3) is 0 Å². The van der Waals surface area contributed by atoms with Crippen molar-refractivity contribution in [2.24, 2.45) is 5.92 Å². The first-order valence-corrected chi connectivity index (χ1v) is 6.66. The second-order valence-corrected chi connectivity index (χ2v) is 5.02. The third-order valence-corrected chi connectivity index (χ3v) is 3.81. The van der Waals surface area contributed by atoms with Crippen molar-refractivity contribution in [2.45, 2.75) is 45.1 Å². The van der Waals surface area contributed by atoms with Crippen LogP contribution in [0, 0.1) is 17.2 Å². The highest BCUT2D eigenvalue weighted by molar-refractivity contribution is 5.54. The summed E-state index contributed by atoms with van der Waals surface area (Å²) >= 11 is 0. The molecule has 1 aliphatic rings. The zero-order valence-corrected chi connectivity index (χ0v) is 10.8. The van der Waals surface area contributed by atoms with Crippen molar-refractivity contribution < 1.29 is 0 Å². The topological polar surface area (TPSA) is 74.7 Å². The van der Waals surface area contributed by atoms with Crippen molar-refractivity contribution in [1.29, 1.82) is 5.26 Å². The molecule has 0 amide bonds. The van der Waals surface area contributed by atoms with Gasteiger partial charge in [0.05, 0.1) is 5.69 Å². The number of nitrogens with two attached hydrogens (primary N) is 1. The maximum Gasteiger partial charge on any atom is 0.165 e. The maximum atomic E-state index is 8.90. The average Bonchev–Trinajstić information content (AvgIpc) is 2.42. The van der Waals surface area contributed by atoms with Gasteiger partial charge < -0.3 is 11.1 Å². The Morgan fingerprint density at radius 2 is 2.11 bits per heavy atom. The van der Waals surface area contributed by atoms with Gasteiger partial charge >= 0.3 is 0 Å². The van der Waals surface area contributed by atoms with Crippen LogP contribution in [0.1, 0.15) is 44.7 Å². The molecular formula is C14H20N4. The Morgan fingerprint density at radius 3 is 2.72 bits per heavy atom. The largest absolute Gasteiger partial charge is 0.396 e. The van der Waals surface area contributed by atoms with Crippen LogP contribution in [-0.4, -0.2) is 11.0 Å². The molecule has 2 rings (SSSR count). The molecule has 0 aromatic carbocycles. The first-order valence-electron chi connectivity index (χ1n) is 6.66. The van der Waals surface area contributed by atoms with E-state index in [0.29, 0.717) is 17.4 Å². The number of nitrogens with one attached hydrogen (secondary N) is 1. The lowest BCUT2D eigenvalue weighted by Crippen LogP contribution is -2.26. The lowest BCUT2D eigenvalue weighted by atomic mass is 9.84. The van der Waals surface area contributed by atoms with Gasteiger partial charge in [0, 0.05) is 6.04 Å². The molecule has 0 bridgehead atoms. The minimum Gasteiger partial charge on any atom is -0.396 e. The normalized spacial score (nSPS) is 23.3. The van der Waals surface area contributed by atoms with E-state index in [2.05, 4.69) is 17.2 Å². The number of nitrogen functional groups attached to an aromatic ring is 1. The second-order valence-electron chi connectivity index (χ2n) is 5.02. The molecule has 4 heteroatoms. The Balaban J connectivity index is 1.96. The third kappa shape index (κ3) is 2.92. The van der Waals surface area contributed by atoms with Crippen molar-refractivity contribution >= 4 is 11.5 Å². The zero-order valence-electron chi connectivity index (χ0n) is 10.8. The molecule has 0 radical (unpaired) electrons. The molecule has 0 aliphatic heterocycles. The van der Waals surface area contributed by atoms with E-state index in [0.717, 1.165) is 11.7 Å². The molecule has 4 nitrogen and oxygen atoms in total. The van der Waals surface area contributed by atoms with Crippen LogP contribution >= 0.6 is 0 Å². The summed E-state index contributed by atoms with van der Waals surface area (Å²) in [6, 6.07) is 6.09. The fourth-order valence-corrected chi connectivity index (χ4v) is 2.56. The van der Waals surface area contributed by atoms with Crippen LogP contribution in [-0.2, 0) is 0 Å². The number of hydrogen-bond acceptors (Lipinski definition) is 4. The van der Waals surface area contributed by atoms with E-state index in [4.69, 9.17) is 11.0 Å². The average molecular weight is 244 g/mol. The molecule has 0 atom stereocenters. The number of rotatable bonds is 3. The maximum absolute atomic E-state index is 8.90. The predicted octanol–water partition coefficient (Wildman–Crippen LogP) is 2.92. The number of hydrogen-bond donors (Lipinski definition) is 2. The van der Waals surface area contributed by atoms with Gasteiger partial charge in [-0.2, -0.15) is 5.26 Å². The number of nitriles is 1. The van der Waals surface area contributed by atoms with Crippen LogP contribution in [0.5, 0.6) is 0 Å². The molecule has 0 unspecified atom stereocenters. The first kappa shape index (κ1) is 12.7. The van der Waals surface area contributed by atoms with Crippen molar-refractivity contribution in [1.82, 2.24) is 4.98 Å². The molecule has 0 spiro atoms. The lowest BCUT2D eigenvalue weighted by Gasteiger charge is -2.28. The Bertz CT molecular complexity index is 442. The molecule has 1 heterocycles. The summed E-state index contributed by atoms with van der Waals surface area (Å²) in [6.07, 6.45) is 6.23. The summed E-state index contributed by atoms with van der Waals surface area (Å²) < 4.78 is 0. The summed E-state index contributed by atoms with van der Waals surface area (Å²) in [5.74, 6) is 1.65. The number of aromatic nitrogens is 1. The Hall–Kier alpha value is -1.76. The highest BCUT2D eigenvalue weighted by Crippen LogP contribution is 2.28. The third-order valence-electron chi connectivity index (χ3n) is 3.81. The fraction of sp³-hybridized carbons (Fsp3) is 0.571. The van der Waals surface area contributed by atoms with Crippen molar-refractivity contribution in [3.05, 3.63) is 17.8 Å². The summed E-state index contributed by atoms with van der Waals surface area (Å²) in [7, 11) is 0. The number of pyridine rings is 1. The van der Waals surface area contributed by atoms with Gasteiger partial charge in [0.15, 0.2) is 5.69 Å². The molecule has 96 valence electrons. The van der Waals surface area contributed by atoms with Crippen LogP contribution in [0.25, 0.3) is 0 Å². The fourth-order valence-electron chi connectivity index (χ4n) is 2.56. The molecule has 1 aromatic heterocycles. The van der Waals surface area contributed by atoms with E-state index >= 15 is 0 Å². The van der Waals surface area contributed by atoms with E-state index < -0.39 is 0 Å². The predicted molar refractivity (Wildman–Crippen MR) is 73.0 cm³/mol. The van der Waals surface area contributed by atoms with Crippen molar-refractivity contribution in [3.8, 4) is 6.07 Å². The summed E-state index contributed by atoms with van der Waals surface area (Å²) in [6.45, 7) is 2.26. The SMILES string of the molecule is CCC1CCC(Nc2ccc(N)c(C#N)n2)CC1. The molecule has 1 aliphatic carbocycles. The van der Waals surface area contributed by atoms with E-state index in [9.17, 15) is 0 Å². The van der Waals surface area contributed by atoms with Crippen LogP contribution < -0.4 is 11.1 Å². The molecule has 3 N–H and O–H groups in total. The Morgan fingerprint density at radius 1 is 1.39 bits per heavy atom. The minimum atomic E-state index is 0.308. The molecule has 1 fully saturated rings. The molecule has 1 saturated carbocycles.